The van der Waals surface area contributed by atoms with E-state index in [0.717, 1.165) is 19.4 Å². The number of likely N-dealkylation sites (tertiary alicyclic amines) is 1. The maximum absolute atomic E-state index is 10.7. The third kappa shape index (κ3) is 6.25. The van der Waals surface area contributed by atoms with Crippen molar-refractivity contribution in [1.82, 2.24) is 24.9 Å². The molecular formula is C9H17N9O9. The van der Waals surface area contributed by atoms with E-state index in [0.29, 0.717) is 5.91 Å². The van der Waals surface area contributed by atoms with Crippen molar-refractivity contribution < 1.29 is 24.9 Å². The van der Waals surface area contributed by atoms with Gasteiger partial charge in [-0.15, -0.1) is 0 Å². The Labute approximate surface area is 150 Å². The second-order valence-corrected chi connectivity index (χ2v) is 5.46. The summed E-state index contributed by atoms with van der Waals surface area (Å²) in [4.78, 5) is 54.9. The zero-order valence-electron chi connectivity index (χ0n) is 14.1. The van der Waals surface area contributed by atoms with Crippen molar-refractivity contribution in [2.45, 2.75) is 12.8 Å². The van der Waals surface area contributed by atoms with E-state index >= 15 is 0 Å². The number of amides is 1. The van der Waals surface area contributed by atoms with Crippen LogP contribution in [0.25, 0.3) is 0 Å². The molecule has 0 bridgehead atoms. The Morgan fingerprint density at radius 3 is 1.11 bits per heavy atom. The van der Waals surface area contributed by atoms with E-state index in [1.807, 2.05) is 7.05 Å². The van der Waals surface area contributed by atoms with E-state index in [1.54, 1.807) is 4.90 Å². The molecule has 1 amide bonds. The molecule has 0 unspecified atom stereocenters. The molecule has 0 saturated carbocycles. The highest BCUT2D eigenvalue weighted by Crippen LogP contribution is 2.07. The smallest absolute Gasteiger partial charge is 0.222 e. The Morgan fingerprint density at radius 2 is 1.00 bits per heavy atom. The predicted molar refractivity (Wildman–Crippen MR) is 81.7 cm³/mol. The monoisotopic (exact) mass is 395 g/mol. The first-order valence-corrected chi connectivity index (χ1v) is 7.34. The quantitative estimate of drug-likeness (QED) is 0.375. The molecule has 0 aliphatic carbocycles. The lowest BCUT2D eigenvalue weighted by atomic mass is 10.4. The molecule has 0 aromatic rings. The van der Waals surface area contributed by atoms with Crippen molar-refractivity contribution in [3.63, 3.8) is 0 Å². The van der Waals surface area contributed by atoms with Crippen LogP contribution >= 0.6 is 0 Å². The number of nitrogens with zero attached hydrogens (tertiary/aromatic N) is 9. The summed E-state index contributed by atoms with van der Waals surface area (Å²) in [5.41, 5.74) is 0. The molecule has 2 aliphatic heterocycles. The van der Waals surface area contributed by atoms with Crippen molar-refractivity contribution in [3.8, 4) is 0 Å². The number of rotatable bonds is 4. The van der Waals surface area contributed by atoms with Crippen molar-refractivity contribution >= 4 is 5.91 Å². The van der Waals surface area contributed by atoms with E-state index in [4.69, 9.17) is 0 Å². The topological polar surface area (TPSA) is 206 Å². The van der Waals surface area contributed by atoms with Crippen molar-refractivity contribution in [2.75, 3.05) is 40.3 Å². The summed E-state index contributed by atoms with van der Waals surface area (Å²) in [7, 11) is 1.84. The molecule has 0 aromatic carbocycles. The molecule has 0 atom stereocenters. The van der Waals surface area contributed by atoms with Gasteiger partial charge in [0.05, 0.1) is 0 Å². The number of carbonyl (C=O) groups excluding carboxylic acids is 1. The normalized spacial score (nSPS) is 17.7. The zero-order valence-corrected chi connectivity index (χ0v) is 14.1. The van der Waals surface area contributed by atoms with Crippen LogP contribution in [0.4, 0.5) is 0 Å². The fraction of sp³-hybridized carbons (Fsp3) is 0.889. The lowest BCUT2D eigenvalue weighted by Crippen LogP contribution is -2.59. The number of nitro groups is 4. The molecule has 0 N–H and O–H groups in total. The van der Waals surface area contributed by atoms with Gasteiger partial charge in [-0.05, 0) is 6.42 Å². The standard InChI is InChI=1S/C5H9NO.C4H8N8O8/c1-6-4-2-3-5(6)7;13-9(14)5-1-6(10(15)16)3-8(12(19)20)4-7(2-5)11(17)18/h2-4H2,1H3;1-4H2. The van der Waals surface area contributed by atoms with E-state index in [2.05, 4.69) is 0 Å². The highest BCUT2D eigenvalue weighted by atomic mass is 16.7. The maximum atomic E-state index is 10.7. The van der Waals surface area contributed by atoms with Crippen LogP contribution in [0, 0.1) is 40.5 Å². The number of hydrogen-bond donors (Lipinski definition) is 0. The van der Waals surface area contributed by atoms with Crippen LogP contribution in [0.3, 0.4) is 0 Å². The van der Waals surface area contributed by atoms with Gasteiger partial charge in [-0.3, -0.25) is 4.79 Å². The maximum Gasteiger partial charge on any atom is 0.222 e. The second-order valence-electron chi connectivity index (χ2n) is 5.46. The van der Waals surface area contributed by atoms with Gasteiger partial charge in [0.1, 0.15) is 0 Å². The van der Waals surface area contributed by atoms with Gasteiger partial charge in [0.25, 0.3) is 0 Å². The predicted octanol–water partition coefficient (Wildman–Crippen LogP) is -1.96. The molecule has 2 saturated heterocycles. The van der Waals surface area contributed by atoms with Crippen molar-refractivity contribution in [1.29, 1.82) is 0 Å². The molecule has 2 aliphatic rings. The average Bonchev–Trinajstić information content (AvgIpc) is 2.90. The molecule has 152 valence electrons. The lowest BCUT2D eigenvalue weighted by Gasteiger charge is -2.27. The minimum atomic E-state index is -1.06. The Balaban J connectivity index is 0.000000433. The first-order valence-electron chi connectivity index (χ1n) is 7.34. The summed E-state index contributed by atoms with van der Waals surface area (Å²) in [6, 6.07) is 0. The van der Waals surface area contributed by atoms with Crippen LogP contribution in [0.1, 0.15) is 12.8 Å². The molecular weight excluding hydrogens is 378 g/mol. The molecule has 18 heteroatoms. The SMILES string of the molecule is CN1CCCC1=O.O=[N+]([O-])N1CN([N+](=O)[O-])CN([N+](=O)[O-])CN([N+](=O)[O-])C1. The molecule has 0 aromatic heterocycles. The highest BCUT2D eigenvalue weighted by Gasteiger charge is 2.39. The summed E-state index contributed by atoms with van der Waals surface area (Å²) in [5.74, 6) is 0.292. The van der Waals surface area contributed by atoms with E-state index in [-0.39, 0.29) is 20.0 Å². The molecule has 0 radical (unpaired) electrons. The average molecular weight is 395 g/mol. The summed E-state index contributed by atoms with van der Waals surface area (Å²) < 4.78 is 0. The molecule has 27 heavy (non-hydrogen) atoms. The minimum absolute atomic E-state index is 0.197. The number of hydrogen-bond acceptors (Lipinski definition) is 9. The summed E-state index contributed by atoms with van der Waals surface area (Å²) in [6.07, 6.45) is 1.81. The largest absolute Gasteiger partial charge is 0.346 e. The summed E-state index contributed by atoms with van der Waals surface area (Å²) in [5, 5.41) is 39.2. The number of hydrazine groups is 4. The van der Waals surface area contributed by atoms with Gasteiger partial charge < -0.3 is 4.90 Å². The van der Waals surface area contributed by atoms with Crippen LogP contribution in [0.15, 0.2) is 0 Å². The molecule has 2 fully saturated rings. The Kier molecular flexibility index (Phi) is 7.19. The number of carbonyl (C=O) groups is 1. The molecule has 2 heterocycles. The van der Waals surface area contributed by atoms with Crippen LogP contribution in [0.5, 0.6) is 0 Å². The van der Waals surface area contributed by atoms with E-state index < -0.39 is 46.8 Å². The third-order valence-corrected chi connectivity index (χ3v) is 3.54. The van der Waals surface area contributed by atoms with Gasteiger partial charge in [0.15, 0.2) is 20.1 Å². The van der Waals surface area contributed by atoms with Gasteiger partial charge in [-0.25, -0.2) is 40.5 Å². The van der Waals surface area contributed by atoms with Crippen molar-refractivity contribution in [3.05, 3.63) is 40.5 Å². The van der Waals surface area contributed by atoms with Crippen LogP contribution in [-0.4, -0.2) is 91.2 Å². The first-order chi connectivity index (χ1) is 12.5. The molecule has 18 nitrogen and oxygen atoms in total. The van der Waals surface area contributed by atoms with Crippen LogP contribution in [-0.2, 0) is 4.79 Å². The zero-order chi connectivity index (χ0) is 20.7. The van der Waals surface area contributed by atoms with Gasteiger partial charge >= 0.3 is 0 Å². The Morgan fingerprint density at radius 1 is 0.704 bits per heavy atom. The van der Waals surface area contributed by atoms with E-state index in [1.165, 1.54) is 0 Å². The summed E-state index contributed by atoms with van der Waals surface area (Å²) >= 11 is 0. The second kappa shape index (κ2) is 9.10. The van der Waals surface area contributed by atoms with E-state index in [9.17, 15) is 45.3 Å². The molecule has 2 rings (SSSR count). The lowest BCUT2D eigenvalue weighted by molar-refractivity contribution is -0.775. The Hall–Kier alpha value is -3.73. The van der Waals surface area contributed by atoms with Crippen molar-refractivity contribution in [2.24, 2.45) is 0 Å². The first kappa shape index (κ1) is 21.3. The highest BCUT2D eigenvalue weighted by molar-refractivity contribution is 5.77. The Bertz CT molecular complexity index is 528. The van der Waals surface area contributed by atoms with Crippen LogP contribution in [0.2, 0.25) is 0 Å². The van der Waals surface area contributed by atoms with Gasteiger partial charge in [-0.1, -0.05) is 20.0 Å². The van der Waals surface area contributed by atoms with Gasteiger partial charge in [0.2, 0.25) is 32.6 Å². The third-order valence-electron chi connectivity index (χ3n) is 3.54. The summed E-state index contributed by atoms with van der Waals surface area (Å²) in [6.45, 7) is -2.84. The fourth-order valence-electron chi connectivity index (χ4n) is 2.13. The van der Waals surface area contributed by atoms with Gasteiger partial charge in [0, 0.05) is 20.0 Å². The van der Waals surface area contributed by atoms with Gasteiger partial charge in [-0.2, -0.15) is 0 Å². The minimum Gasteiger partial charge on any atom is -0.346 e. The van der Waals surface area contributed by atoms with Crippen LogP contribution < -0.4 is 0 Å². The molecule has 0 spiro atoms. The fourth-order valence-corrected chi connectivity index (χ4v) is 2.13.